The molecule has 1 fully saturated rings. The van der Waals surface area contributed by atoms with Crippen molar-refractivity contribution in [2.24, 2.45) is 5.92 Å². The first-order valence-electron chi connectivity index (χ1n) is 6.87. The van der Waals surface area contributed by atoms with Crippen molar-refractivity contribution in [2.45, 2.75) is 19.3 Å². The van der Waals surface area contributed by atoms with E-state index in [-0.39, 0.29) is 16.4 Å². The number of nitrogens with one attached hydrogen (secondary N) is 2. The van der Waals surface area contributed by atoms with Gasteiger partial charge in [0.25, 0.3) is 11.6 Å². The van der Waals surface area contributed by atoms with Gasteiger partial charge in [0.05, 0.1) is 10.5 Å². The van der Waals surface area contributed by atoms with E-state index in [0.29, 0.717) is 12.5 Å². The largest absolute Gasteiger partial charge is 0.352 e. The second-order valence-corrected chi connectivity index (χ2v) is 5.40. The van der Waals surface area contributed by atoms with Crippen molar-refractivity contribution in [2.75, 3.05) is 19.6 Å². The van der Waals surface area contributed by atoms with Gasteiger partial charge >= 0.3 is 0 Å². The van der Waals surface area contributed by atoms with Crippen LogP contribution >= 0.6 is 11.6 Å². The Bertz CT molecular complexity index is 532. The zero-order valence-electron chi connectivity index (χ0n) is 11.5. The Morgan fingerprint density at radius 1 is 1.62 bits per heavy atom. The highest BCUT2D eigenvalue weighted by atomic mass is 35.5. The summed E-state index contributed by atoms with van der Waals surface area (Å²) in [5.41, 5.74) is -0.214. The molecular weight excluding hydrogens is 296 g/mol. The number of hydrogen-bond donors (Lipinski definition) is 2. The first-order chi connectivity index (χ1) is 10.1. The average Bonchev–Trinajstić information content (AvgIpc) is 2.48. The predicted octanol–water partition coefficient (Wildman–Crippen LogP) is 1.76. The topological polar surface area (TPSA) is 97.2 Å². The van der Waals surface area contributed by atoms with Crippen LogP contribution in [0.1, 0.15) is 29.6 Å². The first-order valence-corrected chi connectivity index (χ1v) is 7.24. The van der Waals surface area contributed by atoms with E-state index in [1.54, 1.807) is 0 Å². The van der Waals surface area contributed by atoms with Gasteiger partial charge in [-0.15, -0.1) is 0 Å². The molecule has 1 saturated heterocycles. The quantitative estimate of drug-likeness (QED) is 0.490. The molecule has 8 heteroatoms. The predicted molar refractivity (Wildman–Crippen MR) is 78.4 cm³/mol. The van der Waals surface area contributed by atoms with E-state index >= 15 is 0 Å². The minimum absolute atomic E-state index is 0.0302. The molecule has 21 heavy (non-hydrogen) atoms. The van der Waals surface area contributed by atoms with Crippen LogP contribution in [0.25, 0.3) is 0 Å². The van der Waals surface area contributed by atoms with Crippen LogP contribution in [0.4, 0.5) is 5.69 Å². The number of aromatic nitrogens is 1. The molecule has 0 radical (unpaired) electrons. The van der Waals surface area contributed by atoms with Gasteiger partial charge in [0, 0.05) is 12.6 Å². The summed E-state index contributed by atoms with van der Waals surface area (Å²) in [6, 6.07) is 1.15. The van der Waals surface area contributed by atoms with Crippen molar-refractivity contribution in [3.05, 3.63) is 33.1 Å². The van der Waals surface area contributed by atoms with Crippen molar-refractivity contribution < 1.29 is 9.72 Å². The van der Waals surface area contributed by atoms with Crippen LogP contribution in [0, 0.1) is 16.0 Å². The second kappa shape index (κ2) is 7.33. The average molecular weight is 313 g/mol. The fourth-order valence-electron chi connectivity index (χ4n) is 2.35. The van der Waals surface area contributed by atoms with Gasteiger partial charge < -0.3 is 10.6 Å². The van der Waals surface area contributed by atoms with E-state index in [4.69, 9.17) is 11.6 Å². The molecule has 1 aliphatic heterocycles. The number of carbonyl (C=O) groups excluding carboxylic acids is 1. The first kappa shape index (κ1) is 15.7. The van der Waals surface area contributed by atoms with Crippen LogP contribution < -0.4 is 10.6 Å². The van der Waals surface area contributed by atoms with Crippen molar-refractivity contribution in [3.63, 3.8) is 0 Å². The molecule has 0 bridgehead atoms. The molecule has 1 aromatic rings. The Hall–Kier alpha value is -1.73. The van der Waals surface area contributed by atoms with E-state index in [1.807, 2.05) is 0 Å². The third kappa shape index (κ3) is 4.37. The molecule has 0 saturated carbocycles. The highest BCUT2D eigenvalue weighted by Crippen LogP contribution is 2.19. The smallest absolute Gasteiger partial charge is 0.288 e. The maximum absolute atomic E-state index is 12.0. The molecule has 0 aliphatic carbocycles. The molecule has 1 aliphatic rings. The fourth-order valence-corrected chi connectivity index (χ4v) is 2.54. The number of carbonyl (C=O) groups is 1. The Morgan fingerprint density at radius 3 is 3.10 bits per heavy atom. The van der Waals surface area contributed by atoms with Crippen LogP contribution in [0.5, 0.6) is 0 Å². The lowest BCUT2D eigenvalue weighted by molar-refractivity contribution is -0.385. The summed E-state index contributed by atoms with van der Waals surface area (Å²) < 4.78 is 0. The van der Waals surface area contributed by atoms with Gasteiger partial charge in [-0.2, -0.15) is 0 Å². The van der Waals surface area contributed by atoms with Crippen LogP contribution in [-0.4, -0.2) is 35.4 Å². The van der Waals surface area contributed by atoms with E-state index in [0.717, 1.165) is 44.6 Å². The summed E-state index contributed by atoms with van der Waals surface area (Å²) in [4.78, 5) is 25.8. The highest BCUT2D eigenvalue weighted by Gasteiger charge is 2.18. The molecular formula is C13H17ClN4O3. The van der Waals surface area contributed by atoms with Crippen LogP contribution in [0.2, 0.25) is 5.15 Å². The molecule has 1 amide bonds. The van der Waals surface area contributed by atoms with E-state index in [1.165, 1.54) is 0 Å². The number of amides is 1. The molecule has 7 nitrogen and oxygen atoms in total. The summed E-state index contributed by atoms with van der Waals surface area (Å²) >= 11 is 5.82. The van der Waals surface area contributed by atoms with Crippen LogP contribution in [0.3, 0.4) is 0 Å². The molecule has 1 aromatic heterocycles. The SMILES string of the molecule is O=C(NCCC1CCCNC1)c1cc([N+](=O)[O-])cnc1Cl. The zero-order valence-corrected chi connectivity index (χ0v) is 12.2. The minimum atomic E-state index is -0.603. The normalized spacial score (nSPS) is 18.2. The molecule has 1 atom stereocenters. The van der Waals surface area contributed by atoms with Crippen molar-refractivity contribution >= 4 is 23.2 Å². The molecule has 2 rings (SSSR count). The highest BCUT2D eigenvalue weighted by molar-refractivity contribution is 6.32. The lowest BCUT2D eigenvalue weighted by atomic mass is 9.96. The van der Waals surface area contributed by atoms with Gasteiger partial charge in [-0.1, -0.05) is 11.6 Å². The molecule has 114 valence electrons. The minimum Gasteiger partial charge on any atom is -0.352 e. The molecule has 1 unspecified atom stereocenters. The maximum atomic E-state index is 12.0. The number of rotatable bonds is 5. The van der Waals surface area contributed by atoms with Crippen LogP contribution in [0.15, 0.2) is 12.3 Å². The van der Waals surface area contributed by atoms with Crippen LogP contribution in [-0.2, 0) is 0 Å². The number of piperidine rings is 1. The summed E-state index contributed by atoms with van der Waals surface area (Å²) in [6.45, 7) is 2.54. The molecule has 0 spiro atoms. The lowest BCUT2D eigenvalue weighted by Crippen LogP contribution is -2.33. The Labute approximate surface area is 127 Å². The van der Waals surface area contributed by atoms with Crippen molar-refractivity contribution in [1.29, 1.82) is 0 Å². The monoisotopic (exact) mass is 312 g/mol. The fraction of sp³-hybridized carbons (Fsp3) is 0.538. The van der Waals surface area contributed by atoms with Gasteiger partial charge in [-0.05, 0) is 38.3 Å². The van der Waals surface area contributed by atoms with Crippen molar-refractivity contribution in [1.82, 2.24) is 15.6 Å². The Balaban J connectivity index is 1.90. The zero-order chi connectivity index (χ0) is 15.2. The number of hydrogen-bond acceptors (Lipinski definition) is 5. The van der Waals surface area contributed by atoms with Gasteiger partial charge in [-0.25, -0.2) is 4.98 Å². The number of nitrogens with zero attached hydrogens (tertiary/aromatic N) is 2. The number of pyridine rings is 1. The summed E-state index contributed by atoms with van der Waals surface area (Å²) in [7, 11) is 0. The molecule has 0 aromatic carbocycles. The molecule has 2 N–H and O–H groups in total. The number of halogens is 1. The Kier molecular flexibility index (Phi) is 5.46. The van der Waals surface area contributed by atoms with Crippen molar-refractivity contribution in [3.8, 4) is 0 Å². The lowest BCUT2D eigenvalue weighted by Gasteiger charge is -2.22. The standard InChI is InChI=1S/C13H17ClN4O3/c14-12-11(6-10(8-17-12)18(20)21)13(19)16-5-3-9-2-1-4-15-7-9/h6,8-9,15H,1-5,7H2,(H,16,19). The maximum Gasteiger partial charge on any atom is 0.288 e. The van der Waals surface area contributed by atoms with Gasteiger partial charge in [-0.3, -0.25) is 14.9 Å². The third-order valence-corrected chi connectivity index (χ3v) is 3.82. The van der Waals surface area contributed by atoms with E-state index < -0.39 is 10.8 Å². The summed E-state index contributed by atoms with van der Waals surface area (Å²) in [6.07, 6.45) is 4.22. The third-order valence-electron chi connectivity index (χ3n) is 3.52. The Morgan fingerprint density at radius 2 is 2.43 bits per heavy atom. The van der Waals surface area contributed by atoms with Gasteiger partial charge in [0.1, 0.15) is 11.3 Å². The van der Waals surface area contributed by atoms with E-state index in [9.17, 15) is 14.9 Å². The second-order valence-electron chi connectivity index (χ2n) is 5.05. The van der Waals surface area contributed by atoms with Gasteiger partial charge in [0.2, 0.25) is 0 Å². The van der Waals surface area contributed by atoms with Gasteiger partial charge in [0.15, 0.2) is 0 Å². The summed E-state index contributed by atoms with van der Waals surface area (Å²) in [5.74, 6) is 0.123. The number of nitro groups is 1. The van der Waals surface area contributed by atoms with E-state index in [2.05, 4.69) is 15.6 Å². The molecule has 2 heterocycles. The summed E-state index contributed by atoms with van der Waals surface area (Å²) in [5, 5.41) is 16.7.